The van der Waals surface area contributed by atoms with Crippen molar-refractivity contribution >= 4 is 5.69 Å². The van der Waals surface area contributed by atoms with Crippen molar-refractivity contribution in [3.05, 3.63) is 29.3 Å². The summed E-state index contributed by atoms with van der Waals surface area (Å²) in [6, 6.07) is 6.21. The molecule has 0 radical (unpaired) electrons. The number of hydrogen-bond acceptors (Lipinski definition) is 2. The number of anilines is 1. The minimum absolute atomic E-state index is 0.228. The molecule has 76 valence electrons. The van der Waals surface area contributed by atoms with Crippen LogP contribution in [0.1, 0.15) is 31.9 Å². The summed E-state index contributed by atoms with van der Waals surface area (Å²) in [6.07, 6.45) is 0. The maximum Gasteiger partial charge on any atom is 0.0363 e. The molecule has 2 heteroatoms. The van der Waals surface area contributed by atoms with Crippen LogP contribution >= 0.6 is 0 Å². The van der Waals surface area contributed by atoms with Gasteiger partial charge in [-0.1, -0.05) is 12.1 Å². The Hall–Kier alpha value is -1.02. The van der Waals surface area contributed by atoms with E-state index >= 15 is 0 Å². The van der Waals surface area contributed by atoms with Crippen LogP contribution in [0.5, 0.6) is 0 Å². The largest absolute Gasteiger partial charge is 0.398 e. The lowest BCUT2D eigenvalue weighted by atomic mass is 10.1. The van der Waals surface area contributed by atoms with Crippen LogP contribution < -0.4 is 5.73 Å². The van der Waals surface area contributed by atoms with E-state index in [4.69, 9.17) is 5.73 Å². The van der Waals surface area contributed by atoms with Crippen molar-refractivity contribution in [3.8, 4) is 0 Å². The monoisotopic (exact) mass is 190 g/mol. The highest BCUT2D eigenvalue weighted by Crippen LogP contribution is 2.31. The predicted octanol–water partition coefficient (Wildman–Crippen LogP) is 2.38. The molecular formula is C12H18N2. The van der Waals surface area contributed by atoms with Gasteiger partial charge < -0.3 is 5.73 Å². The van der Waals surface area contributed by atoms with E-state index in [0.717, 1.165) is 18.8 Å². The molecule has 1 heterocycles. The molecule has 1 aliphatic rings. The molecule has 1 aromatic rings. The van der Waals surface area contributed by atoms with Gasteiger partial charge in [0.05, 0.1) is 0 Å². The van der Waals surface area contributed by atoms with Gasteiger partial charge in [-0.15, -0.1) is 0 Å². The van der Waals surface area contributed by atoms with Gasteiger partial charge in [-0.05, 0) is 38.0 Å². The summed E-state index contributed by atoms with van der Waals surface area (Å²) in [4.78, 5) is 2.45. The second kappa shape index (κ2) is 2.99. The van der Waals surface area contributed by atoms with Gasteiger partial charge in [0.25, 0.3) is 0 Å². The van der Waals surface area contributed by atoms with Crippen LogP contribution in [0.4, 0.5) is 5.69 Å². The number of hydrogen-bond donors (Lipinski definition) is 1. The van der Waals surface area contributed by atoms with Crippen molar-refractivity contribution < 1.29 is 0 Å². The zero-order valence-corrected chi connectivity index (χ0v) is 9.17. The van der Waals surface area contributed by atoms with Crippen LogP contribution in [0.2, 0.25) is 0 Å². The summed E-state index contributed by atoms with van der Waals surface area (Å²) in [5.41, 5.74) is 9.83. The first-order valence-electron chi connectivity index (χ1n) is 5.10. The molecule has 0 bridgehead atoms. The Morgan fingerprint density at radius 1 is 1.21 bits per heavy atom. The number of nitrogen functional groups attached to an aromatic ring is 1. The Morgan fingerprint density at radius 2 is 1.93 bits per heavy atom. The van der Waals surface area contributed by atoms with E-state index in [2.05, 4.69) is 31.7 Å². The van der Waals surface area contributed by atoms with Gasteiger partial charge in [0.15, 0.2) is 0 Å². The molecule has 1 aliphatic heterocycles. The molecule has 1 aromatic carbocycles. The molecule has 0 saturated carbocycles. The second-order valence-corrected chi connectivity index (χ2v) is 5.01. The number of benzene rings is 1. The van der Waals surface area contributed by atoms with Crippen molar-refractivity contribution in [2.24, 2.45) is 0 Å². The van der Waals surface area contributed by atoms with Crippen molar-refractivity contribution in [2.45, 2.75) is 39.4 Å². The molecule has 0 amide bonds. The van der Waals surface area contributed by atoms with Gasteiger partial charge in [-0.25, -0.2) is 0 Å². The minimum Gasteiger partial charge on any atom is -0.398 e. The van der Waals surface area contributed by atoms with Gasteiger partial charge in [-0.3, -0.25) is 4.90 Å². The fourth-order valence-corrected chi connectivity index (χ4v) is 1.92. The summed E-state index contributed by atoms with van der Waals surface area (Å²) >= 11 is 0. The van der Waals surface area contributed by atoms with Crippen molar-refractivity contribution in [3.63, 3.8) is 0 Å². The first kappa shape index (κ1) is 9.53. The Labute approximate surface area is 85.7 Å². The van der Waals surface area contributed by atoms with Crippen LogP contribution in [0, 0.1) is 0 Å². The highest BCUT2D eigenvalue weighted by Gasteiger charge is 2.28. The predicted molar refractivity (Wildman–Crippen MR) is 59.9 cm³/mol. The van der Waals surface area contributed by atoms with Crippen LogP contribution in [0.25, 0.3) is 0 Å². The molecular weight excluding hydrogens is 172 g/mol. The Balaban J connectivity index is 2.31. The van der Waals surface area contributed by atoms with Gasteiger partial charge in [0.2, 0.25) is 0 Å². The fourth-order valence-electron chi connectivity index (χ4n) is 1.92. The van der Waals surface area contributed by atoms with Gasteiger partial charge in [0, 0.05) is 24.3 Å². The van der Waals surface area contributed by atoms with Gasteiger partial charge in [0.1, 0.15) is 0 Å². The first-order valence-corrected chi connectivity index (χ1v) is 5.10. The molecule has 0 atom stereocenters. The average molecular weight is 190 g/mol. The third-order valence-electron chi connectivity index (χ3n) is 2.97. The number of nitrogens with two attached hydrogens (primary N) is 1. The lowest BCUT2D eigenvalue weighted by molar-refractivity contribution is 0.136. The number of rotatable bonds is 0. The first-order chi connectivity index (χ1) is 6.48. The van der Waals surface area contributed by atoms with E-state index in [0.29, 0.717) is 0 Å². The summed E-state index contributed by atoms with van der Waals surface area (Å²) in [6.45, 7) is 8.76. The molecule has 0 unspecified atom stereocenters. The summed E-state index contributed by atoms with van der Waals surface area (Å²) in [5, 5.41) is 0. The topological polar surface area (TPSA) is 29.3 Å². The smallest absolute Gasteiger partial charge is 0.0363 e. The lowest BCUT2D eigenvalue weighted by Gasteiger charge is -2.31. The molecule has 2 N–H and O–H groups in total. The van der Waals surface area contributed by atoms with E-state index < -0.39 is 0 Å². The normalized spacial score (nSPS) is 17.1. The zero-order chi connectivity index (χ0) is 10.3. The summed E-state index contributed by atoms with van der Waals surface area (Å²) < 4.78 is 0. The Kier molecular flexibility index (Phi) is 2.04. The van der Waals surface area contributed by atoms with Crippen LogP contribution in [0.3, 0.4) is 0 Å². The zero-order valence-electron chi connectivity index (χ0n) is 9.17. The fraction of sp³-hybridized carbons (Fsp3) is 0.500. The summed E-state index contributed by atoms with van der Waals surface area (Å²) in [5.74, 6) is 0. The van der Waals surface area contributed by atoms with Crippen LogP contribution in [-0.4, -0.2) is 10.4 Å². The highest BCUT2D eigenvalue weighted by atomic mass is 15.2. The Morgan fingerprint density at radius 3 is 2.50 bits per heavy atom. The van der Waals surface area contributed by atoms with E-state index in [1.807, 2.05) is 12.1 Å². The van der Waals surface area contributed by atoms with Crippen molar-refractivity contribution in [1.82, 2.24) is 4.90 Å². The van der Waals surface area contributed by atoms with E-state index in [1.165, 1.54) is 11.1 Å². The minimum atomic E-state index is 0.228. The summed E-state index contributed by atoms with van der Waals surface area (Å²) in [7, 11) is 0. The molecule has 14 heavy (non-hydrogen) atoms. The standard InChI is InChI=1S/C12H18N2/c1-12(2,3)14-7-9-5-4-6-11(13)10(9)8-14/h4-6H,7-8,13H2,1-3H3. The molecule has 0 spiro atoms. The average Bonchev–Trinajstić information content (AvgIpc) is 2.48. The highest BCUT2D eigenvalue weighted by molar-refractivity contribution is 5.52. The third kappa shape index (κ3) is 1.50. The molecule has 0 saturated heterocycles. The molecule has 2 nitrogen and oxygen atoms in total. The number of fused-ring (bicyclic) bond motifs is 1. The lowest BCUT2D eigenvalue weighted by Crippen LogP contribution is -2.36. The van der Waals surface area contributed by atoms with Gasteiger partial charge in [-0.2, -0.15) is 0 Å². The third-order valence-corrected chi connectivity index (χ3v) is 2.97. The van der Waals surface area contributed by atoms with Crippen molar-refractivity contribution in [2.75, 3.05) is 5.73 Å². The van der Waals surface area contributed by atoms with Crippen LogP contribution in [0.15, 0.2) is 18.2 Å². The van der Waals surface area contributed by atoms with Gasteiger partial charge >= 0.3 is 0 Å². The molecule has 0 aromatic heterocycles. The van der Waals surface area contributed by atoms with E-state index in [1.54, 1.807) is 0 Å². The second-order valence-electron chi connectivity index (χ2n) is 5.01. The molecule has 0 aliphatic carbocycles. The maximum atomic E-state index is 5.95. The Bertz CT molecular complexity index is 350. The van der Waals surface area contributed by atoms with Crippen molar-refractivity contribution in [1.29, 1.82) is 0 Å². The van der Waals surface area contributed by atoms with E-state index in [9.17, 15) is 0 Å². The SMILES string of the molecule is CC(C)(C)N1Cc2cccc(N)c2C1. The maximum absolute atomic E-state index is 5.95. The number of nitrogens with zero attached hydrogens (tertiary/aromatic N) is 1. The van der Waals surface area contributed by atoms with E-state index in [-0.39, 0.29) is 5.54 Å². The quantitative estimate of drug-likeness (QED) is 0.636. The van der Waals surface area contributed by atoms with Crippen LogP contribution in [-0.2, 0) is 13.1 Å². The molecule has 2 rings (SSSR count). The molecule has 0 fully saturated rings.